The summed E-state index contributed by atoms with van der Waals surface area (Å²) >= 11 is 1.65. The number of hydrogen-bond donors (Lipinski definition) is 2. The number of hydrogen-bond acceptors (Lipinski definition) is 7. The summed E-state index contributed by atoms with van der Waals surface area (Å²) in [5, 5.41) is 7.82. The monoisotopic (exact) mass is 504 g/mol. The molecule has 2 heterocycles. The maximum Gasteiger partial charge on any atom is 0.226 e. The number of nitrogens with one attached hydrogen (secondary N) is 2. The Morgan fingerprint density at radius 3 is 2.47 bits per heavy atom. The Hall–Kier alpha value is -3.00. The van der Waals surface area contributed by atoms with Crippen LogP contribution < -0.4 is 15.5 Å². The number of nitrogens with zero attached hydrogens (tertiary/aromatic N) is 4. The van der Waals surface area contributed by atoms with Gasteiger partial charge in [-0.2, -0.15) is 4.98 Å². The zero-order valence-electron chi connectivity index (χ0n) is 21.5. The first-order chi connectivity index (χ1) is 17.5. The first kappa shape index (κ1) is 24.7. The van der Waals surface area contributed by atoms with Gasteiger partial charge in [0.25, 0.3) is 0 Å². The van der Waals surface area contributed by atoms with E-state index < -0.39 is 0 Å². The van der Waals surface area contributed by atoms with Crippen molar-refractivity contribution in [1.29, 1.82) is 0 Å². The molecule has 2 aliphatic rings. The molecule has 1 saturated carbocycles. The first-order valence-electron chi connectivity index (χ1n) is 13.1. The third-order valence-corrected chi connectivity index (χ3v) is 8.31. The minimum atomic E-state index is 0.0630. The molecule has 1 amide bonds. The smallest absolute Gasteiger partial charge is 0.226 e. The summed E-state index contributed by atoms with van der Waals surface area (Å²) in [7, 11) is 4.12. The number of amides is 1. The van der Waals surface area contributed by atoms with Crippen molar-refractivity contribution in [3.8, 4) is 10.6 Å². The second kappa shape index (κ2) is 10.9. The number of carbonyl (C=O) groups is 1. The highest BCUT2D eigenvalue weighted by molar-refractivity contribution is 7.15. The Balaban J connectivity index is 1.14. The molecule has 5 rings (SSSR count). The standard InChI is InChI=1S/C28H36N6OS/c1-18-24(31-27(36-18)19-9-5-4-6-10-19)17-25(35)29-20-13-15-21(16-14-20)30-28-32-23-12-8-7-11-22(23)26(33-28)34(2)3/h4-6,9-10,20-21H,7-8,11-17H2,1-3H3,(H,29,35)(H,30,32,33). The van der Waals surface area contributed by atoms with E-state index in [9.17, 15) is 4.79 Å². The molecule has 0 unspecified atom stereocenters. The van der Waals surface area contributed by atoms with Gasteiger partial charge in [-0.1, -0.05) is 30.3 Å². The largest absolute Gasteiger partial charge is 0.362 e. The summed E-state index contributed by atoms with van der Waals surface area (Å²) in [6, 6.07) is 10.7. The molecule has 3 aromatic rings. The fraction of sp³-hybridized carbons (Fsp3) is 0.500. The van der Waals surface area contributed by atoms with E-state index in [2.05, 4.69) is 41.8 Å². The molecule has 0 atom stereocenters. The number of rotatable bonds is 7. The second-order valence-electron chi connectivity index (χ2n) is 10.2. The van der Waals surface area contributed by atoms with Crippen LogP contribution in [0, 0.1) is 6.92 Å². The van der Waals surface area contributed by atoms with Crippen molar-refractivity contribution in [2.75, 3.05) is 24.3 Å². The van der Waals surface area contributed by atoms with E-state index in [4.69, 9.17) is 15.0 Å². The molecule has 36 heavy (non-hydrogen) atoms. The Bertz CT molecular complexity index is 1200. The molecular formula is C28H36N6OS. The number of thiazole rings is 1. The molecule has 7 nitrogen and oxygen atoms in total. The summed E-state index contributed by atoms with van der Waals surface area (Å²) in [4.78, 5) is 30.5. The normalized spacial score (nSPS) is 19.4. The van der Waals surface area contributed by atoms with E-state index in [1.165, 1.54) is 24.1 Å². The predicted octanol–water partition coefficient (Wildman–Crippen LogP) is 4.94. The van der Waals surface area contributed by atoms with E-state index >= 15 is 0 Å². The molecule has 1 fully saturated rings. The number of carbonyl (C=O) groups excluding carboxylic acids is 1. The van der Waals surface area contributed by atoms with Gasteiger partial charge in [0.05, 0.1) is 17.8 Å². The second-order valence-corrected chi connectivity index (χ2v) is 11.4. The van der Waals surface area contributed by atoms with E-state index in [0.29, 0.717) is 12.5 Å². The third kappa shape index (κ3) is 5.69. The van der Waals surface area contributed by atoms with Crippen LogP contribution in [0.15, 0.2) is 30.3 Å². The highest BCUT2D eigenvalue weighted by atomic mass is 32.1. The Morgan fingerprint density at radius 2 is 1.72 bits per heavy atom. The molecule has 2 aromatic heterocycles. The highest BCUT2D eigenvalue weighted by Gasteiger charge is 2.25. The summed E-state index contributed by atoms with van der Waals surface area (Å²) < 4.78 is 0. The number of aromatic nitrogens is 3. The molecule has 0 aliphatic heterocycles. The molecule has 2 N–H and O–H groups in total. The summed E-state index contributed by atoms with van der Waals surface area (Å²) in [5.41, 5.74) is 4.50. The van der Waals surface area contributed by atoms with Crippen LogP contribution in [-0.4, -0.2) is 47.0 Å². The van der Waals surface area contributed by atoms with Gasteiger partial charge in [0.1, 0.15) is 10.8 Å². The lowest BCUT2D eigenvalue weighted by Crippen LogP contribution is -2.41. The molecule has 0 radical (unpaired) electrons. The van der Waals surface area contributed by atoms with Crippen molar-refractivity contribution in [3.63, 3.8) is 0 Å². The summed E-state index contributed by atoms with van der Waals surface area (Å²) in [6.45, 7) is 2.05. The zero-order chi connectivity index (χ0) is 25.1. The quantitative estimate of drug-likeness (QED) is 0.475. The number of aryl methyl sites for hydroxylation is 2. The van der Waals surface area contributed by atoms with Crippen molar-refractivity contribution in [2.24, 2.45) is 0 Å². The van der Waals surface area contributed by atoms with Crippen molar-refractivity contribution in [1.82, 2.24) is 20.3 Å². The minimum absolute atomic E-state index is 0.0630. The molecular weight excluding hydrogens is 468 g/mol. The topological polar surface area (TPSA) is 83.0 Å². The van der Waals surface area contributed by atoms with E-state index in [-0.39, 0.29) is 11.9 Å². The first-order valence-corrected chi connectivity index (χ1v) is 13.9. The number of anilines is 2. The van der Waals surface area contributed by atoms with Crippen LogP contribution in [0.4, 0.5) is 11.8 Å². The molecule has 0 bridgehead atoms. The van der Waals surface area contributed by atoms with Crippen molar-refractivity contribution in [3.05, 3.63) is 52.2 Å². The van der Waals surface area contributed by atoms with Crippen molar-refractivity contribution < 1.29 is 4.79 Å². The van der Waals surface area contributed by atoms with Gasteiger partial charge < -0.3 is 15.5 Å². The highest BCUT2D eigenvalue weighted by Crippen LogP contribution is 2.30. The van der Waals surface area contributed by atoms with E-state index in [0.717, 1.165) is 71.4 Å². The Kier molecular flexibility index (Phi) is 7.51. The van der Waals surface area contributed by atoms with Crippen LogP contribution in [0.2, 0.25) is 0 Å². The number of benzene rings is 1. The van der Waals surface area contributed by atoms with Gasteiger partial charge in [-0.25, -0.2) is 9.97 Å². The molecule has 190 valence electrons. The van der Waals surface area contributed by atoms with Crippen LogP contribution in [0.1, 0.15) is 60.4 Å². The SMILES string of the molecule is Cc1sc(-c2ccccc2)nc1CC(=O)NC1CCC(Nc2nc3c(c(N(C)C)n2)CCCC3)CC1. The maximum atomic E-state index is 12.8. The van der Waals surface area contributed by atoms with Gasteiger partial charge >= 0.3 is 0 Å². The van der Waals surface area contributed by atoms with Gasteiger partial charge in [0.2, 0.25) is 11.9 Å². The fourth-order valence-electron chi connectivity index (χ4n) is 5.30. The average Bonchev–Trinajstić information content (AvgIpc) is 3.25. The molecule has 1 aromatic carbocycles. The van der Waals surface area contributed by atoms with Gasteiger partial charge in [-0.05, 0) is 58.3 Å². The molecule has 0 saturated heterocycles. The van der Waals surface area contributed by atoms with Gasteiger partial charge in [0.15, 0.2) is 0 Å². The van der Waals surface area contributed by atoms with Gasteiger partial charge in [0, 0.05) is 42.2 Å². The molecule has 2 aliphatic carbocycles. The van der Waals surface area contributed by atoms with Crippen molar-refractivity contribution in [2.45, 2.75) is 76.8 Å². The van der Waals surface area contributed by atoms with E-state index in [1.807, 2.05) is 25.1 Å². The van der Waals surface area contributed by atoms with Crippen LogP contribution in [0.3, 0.4) is 0 Å². The molecule has 8 heteroatoms. The predicted molar refractivity (Wildman–Crippen MR) is 147 cm³/mol. The summed E-state index contributed by atoms with van der Waals surface area (Å²) in [5.74, 6) is 1.86. The van der Waals surface area contributed by atoms with Gasteiger partial charge in [-0.3, -0.25) is 4.79 Å². The average molecular weight is 505 g/mol. The van der Waals surface area contributed by atoms with Crippen LogP contribution in [0.25, 0.3) is 10.6 Å². The maximum absolute atomic E-state index is 12.8. The lowest BCUT2D eigenvalue weighted by Gasteiger charge is -2.30. The lowest BCUT2D eigenvalue weighted by molar-refractivity contribution is -0.121. The minimum Gasteiger partial charge on any atom is -0.362 e. The zero-order valence-corrected chi connectivity index (χ0v) is 22.3. The fourth-order valence-corrected chi connectivity index (χ4v) is 6.24. The third-order valence-electron chi connectivity index (χ3n) is 7.25. The van der Waals surface area contributed by atoms with Crippen LogP contribution in [-0.2, 0) is 24.1 Å². The Morgan fingerprint density at radius 1 is 1.00 bits per heavy atom. The van der Waals surface area contributed by atoms with Gasteiger partial charge in [-0.15, -0.1) is 11.3 Å². The molecule has 0 spiro atoms. The van der Waals surface area contributed by atoms with Crippen LogP contribution >= 0.6 is 11.3 Å². The number of fused-ring (bicyclic) bond motifs is 1. The Labute approximate surface area is 217 Å². The lowest BCUT2D eigenvalue weighted by atomic mass is 9.91. The van der Waals surface area contributed by atoms with Crippen molar-refractivity contribution >= 4 is 29.0 Å². The van der Waals surface area contributed by atoms with Crippen LogP contribution in [0.5, 0.6) is 0 Å². The summed E-state index contributed by atoms with van der Waals surface area (Å²) in [6.07, 6.45) is 8.78. The van der Waals surface area contributed by atoms with E-state index in [1.54, 1.807) is 11.3 Å².